The Morgan fingerprint density at radius 3 is 1.50 bits per heavy atom. The third-order valence-electron chi connectivity index (χ3n) is 1.43. The fraction of sp³-hybridized carbons (Fsp3) is 0.250. The van der Waals surface area contributed by atoms with Gasteiger partial charge < -0.3 is 0 Å². The van der Waals surface area contributed by atoms with Crippen LogP contribution in [0.25, 0.3) is 0 Å². The van der Waals surface area contributed by atoms with Gasteiger partial charge in [-0.3, -0.25) is 0 Å². The minimum atomic E-state index is 1.17. The Bertz CT molecular complexity index is 257. The summed E-state index contributed by atoms with van der Waals surface area (Å²) in [5, 5.41) is 0. The van der Waals surface area contributed by atoms with Crippen LogP contribution in [0.15, 0.2) is 30.9 Å². The number of thioether (sulfide) groups is 2. The van der Waals surface area contributed by atoms with E-state index >= 15 is 0 Å². The van der Waals surface area contributed by atoms with Gasteiger partial charge in [0.15, 0.2) is 0 Å². The van der Waals surface area contributed by atoms with Crippen molar-refractivity contribution in [2.45, 2.75) is 9.79 Å². The summed E-state index contributed by atoms with van der Waals surface area (Å²) in [6, 6.07) is 4.28. The van der Waals surface area contributed by atoms with Crippen LogP contribution in [0.3, 0.4) is 0 Å². The SMILES string of the molecule is CSc1cc(Br)c(SC)cc1Br. The van der Waals surface area contributed by atoms with Crippen LogP contribution in [-0.4, -0.2) is 12.5 Å². The van der Waals surface area contributed by atoms with Gasteiger partial charge in [-0.05, 0) is 56.5 Å². The topological polar surface area (TPSA) is 0 Å². The number of hydrogen-bond acceptors (Lipinski definition) is 2. The molecule has 0 aliphatic heterocycles. The van der Waals surface area contributed by atoms with Gasteiger partial charge in [-0.25, -0.2) is 0 Å². The molecule has 0 aliphatic rings. The van der Waals surface area contributed by atoms with Gasteiger partial charge in [0.1, 0.15) is 0 Å². The van der Waals surface area contributed by atoms with Gasteiger partial charge in [-0.15, -0.1) is 23.5 Å². The van der Waals surface area contributed by atoms with Crippen molar-refractivity contribution in [3.8, 4) is 0 Å². The average Bonchev–Trinajstić information content (AvgIpc) is 2.08. The van der Waals surface area contributed by atoms with E-state index in [1.165, 1.54) is 18.7 Å². The van der Waals surface area contributed by atoms with E-state index in [-0.39, 0.29) is 0 Å². The molecule has 0 saturated carbocycles. The number of benzene rings is 1. The maximum Gasteiger partial charge on any atom is 0.0323 e. The van der Waals surface area contributed by atoms with Crippen LogP contribution < -0.4 is 0 Å². The fourth-order valence-corrected chi connectivity index (χ4v) is 3.76. The van der Waals surface area contributed by atoms with Crippen molar-refractivity contribution in [3.05, 3.63) is 21.1 Å². The van der Waals surface area contributed by atoms with Gasteiger partial charge in [0, 0.05) is 18.7 Å². The average molecular weight is 328 g/mol. The smallest absolute Gasteiger partial charge is 0.0323 e. The zero-order valence-corrected chi connectivity index (χ0v) is 11.5. The summed E-state index contributed by atoms with van der Waals surface area (Å²) >= 11 is 10.5. The second kappa shape index (κ2) is 4.94. The van der Waals surface area contributed by atoms with Gasteiger partial charge in [0.25, 0.3) is 0 Å². The number of rotatable bonds is 2. The number of hydrogen-bond donors (Lipinski definition) is 0. The third-order valence-corrected chi connectivity index (χ3v) is 4.82. The summed E-state index contributed by atoms with van der Waals surface area (Å²) in [7, 11) is 0. The minimum Gasteiger partial charge on any atom is -0.128 e. The fourth-order valence-electron chi connectivity index (χ4n) is 0.823. The normalized spacial score (nSPS) is 10.3. The molecule has 66 valence electrons. The predicted molar refractivity (Wildman–Crippen MR) is 65.4 cm³/mol. The van der Waals surface area contributed by atoms with Crippen LogP contribution in [0.4, 0.5) is 0 Å². The van der Waals surface area contributed by atoms with Crippen LogP contribution in [0, 0.1) is 0 Å². The lowest BCUT2D eigenvalue weighted by atomic mass is 10.4. The molecule has 0 atom stereocenters. The Labute approximate surface area is 98.1 Å². The Kier molecular flexibility index (Phi) is 4.51. The molecule has 4 heteroatoms. The monoisotopic (exact) mass is 326 g/mol. The van der Waals surface area contributed by atoms with E-state index in [0.717, 1.165) is 0 Å². The highest BCUT2D eigenvalue weighted by Gasteiger charge is 2.04. The molecule has 1 aromatic rings. The molecule has 0 N–H and O–H groups in total. The first-order valence-electron chi connectivity index (χ1n) is 3.26. The summed E-state index contributed by atoms with van der Waals surface area (Å²) < 4.78 is 2.34. The first-order chi connectivity index (χ1) is 5.69. The van der Waals surface area contributed by atoms with E-state index in [2.05, 4.69) is 56.5 Å². The lowest BCUT2D eigenvalue weighted by molar-refractivity contribution is 1.28. The highest BCUT2D eigenvalue weighted by molar-refractivity contribution is 9.11. The van der Waals surface area contributed by atoms with Crippen LogP contribution in [0.2, 0.25) is 0 Å². The van der Waals surface area contributed by atoms with Crippen molar-refractivity contribution >= 4 is 55.4 Å². The van der Waals surface area contributed by atoms with Crippen molar-refractivity contribution < 1.29 is 0 Å². The molecule has 0 spiro atoms. The second-order valence-corrected chi connectivity index (χ2v) is 5.53. The minimum absolute atomic E-state index is 1.17. The van der Waals surface area contributed by atoms with Crippen LogP contribution in [-0.2, 0) is 0 Å². The Balaban J connectivity index is 3.16. The molecular weight excluding hydrogens is 320 g/mol. The molecule has 0 bridgehead atoms. The van der Waals surface area contributed by atoms with Gasteiger partial charge in [0.05, 0.1) is 0 Å². The van der Waals surface area contributed by atoms with Crippen molar-refractivity contribution in [1.82, 2.24) is 0 Å². The van der Waals surface area contributed by atoms with E-state index in [9.17, 15) is 0 Å². The lowest BCUT2D eigenvalue weighted by Crippen LogP contribution is -1.78. The maximum absolute atomic E-state index is 3.53. The van der Waals surface area contributed by atoms with E-state index in [4.69, 9.17) is 0 Å². The van der Waals surface area contributed by atoms with E-state index in [1.54, 1.807) is 23.5 Å². The molecule has 0 aromatic heterocycles. The van der Waals surface area contributed by atoms with Gasteiger partial charge >= 0.3 is 0 Å². The summed E-state index contributed by atoms with van der Waals surface area (Å²) in [6.07, 6.45) is 4.15. The largest absolute Gasteiger partial charge is 0.128 e. The summed E-state index contributed by atoms with van der Waals surface area (Å²) in [5.41, 5.74) is 0. The van der Waals surface area contributed by atoms with Crippen molar-refractivity contribution in [2.24, 2.45) is 0 Å². The highest BCUT2D eigenvalue weighted by Crippen LogP contribution is 2.35. The molecule has 0 unspecified atom stereocenters. The molecule has 0 fully saturated rings. The van der Waals surface area contributed by atoms with Crippen LogP contribution in [0.5, 0.6) is 0 Å². The van der Waals surface area contributed by atoms with Crippen molar-refractivity contribution in [3.63, 3.8) is 0 Å². The van der Waals surface area contributed by atoms with Gasteiger partial charge in [-0.1, -0.05) is 0 Å². The molecule has 1 rings (SSSR count). The standard InChI is InChI=1S/C8H8Br2S2/c1-11-7-3-6(10)8(12-2)4-5(7)9/h3-4H,1-2H3. The second-order valence-electron chi connectivity index (χ2n) is 2.12. The zero-order chi connectivity index (χ0) is 9.14. The Hall–Kier alpha value is 0.880. The molecule has 12 heavy (non-hydrogen) atoms. The maximum atomic E-state index is 3.53. The van der Waals surface area contributed by atoms with Crippen LogP contribution in [0.1, 0.15) is 0 Å². The Morgan fingerprint density at radius 2 is 1.25 bits per heavy atom. The van der Waals surface area contributed by atoms with Crippen molar-refractivity contribution in [2.75, 3.05) is 12.5 Å². The molecule has 1 aromatic carbocycles. The molecule has 0 nitrogen and oxygen atoms in total. The summed E-state index contributed by atoms with van der Waals surface area (Å²) in [4.78, 5) is 2.53. The molecule has 0 amide bonds. The first kappa shape index (κ1) is 11.0. The highest BCUT2D eigenvalue weighted by atomic mass is 79.9. The quantitative estimate of drug-likeness (QED) is 0.725. The predicted octanol–water partition coefficient (Wildman–Crippen LogP) is 4.66. The Morgan fingerprint density at radius 1 is 0.917 bits per heavy atom. The molecule has 0 radical (unpaired) electrons. The van der Waals surface area contributed by atoms with Gasteiger partial charge in [0.2, 0.25) is 0 Å². The van der Waals surface area contributed by atoms with E-state index < -0.39 is 0 Å². The molecule has 0 saturated heterocycles. The number of halogens is 2. The summed E-state index contributed by atoms with van der Waals surface area (Å²) in [5.74, 6) is 0. The third kappa shape index (κ3) is 2.44. The molecule has 0 aliphatic carbocycles. The van der Waals surface area contributed by atoms with Gasteiger partial charge in [-0.2, -0.15) is 0 Å². The van der Waals surface area contributed by atoms with E-state index in [1.807, 2.05) is 0 Å². The van der Waals surface area contributed by atoms with E-state index in [0.29, 0.717) is 0 Å². The molecule has 0 heterocycles. The van der Waals surface area contributed by atoms with Crippen molar-refractivity contribution in [1.29, 1.82) is 0 Å². The summed E-state index contributed by atoms with van der Waals surface area (Å²) in [6.45, 7) is 0. The zero-order valence-electron chi connectivity index (χ0n) is 6.73. The lowest BCUT2D eigenvalue weighted by Gasteiger charge is -2.05. The first-order valence-corrected chi connectivity index (χ1v) is 7.29. The van der Waals surface area contributed by atoms with Crippen LogP contribution >= 0.6 is 55.4 Å². The molecular formula is C8H8Br2S2.